The average Bonchev–Trinajstić information content (AvgIpc) is 2.47. The molecule has 1 aliphatic heterocycles. The molecule has 1 N–H and O–H groups in total. The first-order valence-corrected chi connectivity index (χ1v) is 7.83. The lowest BCUT2D eigenvalue weighted by atomic mass is 10.0. The first-order chi connectivity index (χ1) is 10.5. The summed E-state index contributed by atoms with van der Waals surface area (Å²) < 4.78 is 19.2. The standard InChI is InChI=1S/C15H17BrFNO4/c16-11-7-10(8-12(17)9-11)15(21)18(4-1-14(19)20)13-2-5-22-6-3-13/h7-9,13H,1-6H2,(H,19,20). The van der Waals surface area contributed by atoms with Crippen LogP contribution in [0.1, 0.15) is 29.6 Å². The Labute approximate surface area is 136 Å². The summed E-state index contributed by atoms with van der Waals surface area (Å²) in [5, 5.41) is 8.87. The lowest BCUT2D eigenvalue weighted by Crippen LogP contribution is -2.44. The molecule has 1 aromatic carbocycles. The van der Waals surface area contributed by atoms with Gasteiger partial charge in [-0.25, -0.2) is 4.39 Å². The minimum absolute atomic E-state index is 0.0809. The molecule has 1 fully saturated rings. The summed E-state index contributed by atoms with van der Waals surface area (Å²) in [5.74, 6) is -1.83. The number of carbonyl (C=O) groups is 2. The molecule has 0 atom stereocenters. The number of nitrogens with zero attached hydrogens (tertiary/aromatic N) is 1. The first kappa shape index (κ1) is 16.9. The third kappa shape index (κ3) is 4.51. The summed E-state index contributed by atoms with van der Waals surface area (Å²) in [5.41, 5.74) is 0.212. The molecule has 22 heavy (non-hydrogen) atoms. The van der Waals surface area contributed by atoms with Gasteiger partial charge in [-0.1, -0.05) is 15.9 Å². The number of hydrogen-bond acceptors (Lipinski definition) is 3. The van der Waals surface area contributed by atoms with Crippen molar-refractivity contribution in [3.8, 4) is 0 Å². The lowest BCUT2D eigenvalue weighted by Gasteiger charge is -2.34. The van der Waals surface area contributed by atoms with Gasteiger partial charge in [0.15, 0.2) is 0 Å². The predicted octanol–water partition coefficient (Wildman–Crippen LogP) is 2.68. The third-order valence-corrected chi connectivity index (χ3v) is 4.03. The summed E-state index contributed by atoms with van der Waals surface area (Å²) in [4.78, 5) is 25.0. The smallest absolute Gasteiger partial charge is 0.305 e. The molecule has 120 valence electrons. The van der Waals surface area contributed by atoms with Crippen molar-refractivity contribution < 1.29 is 23.8 Å². The van der Waals surface area contributed by atoms with Gasteiger partial charge in [0, 0.05) is 35.8 Å². The Morgan fingerprint density at radius 1 is 1.32 bits per heavy atom. The number of benzene rings is 1. The molecule has 0 bridgehead atoms. The maximum Gasteiger partial charge on any atom is 0.305 e. The summed E-state index contributed by atoms with van der Waals surface area (Å²) >= 11 is 3.16. The summed E-state index contributed by atoms with van der Waals surface area (Å²) in [6, 6.07) is 3.90. The van der Waals surface area contributed by atoms with Gasteiger partial charge in [-0.3, -0.25) is 9.59 Å². The van der Waals surface area contributed by atoms with Crippen molar-refractivity contribution in [1.82, 2.24) is 4.90 Å². The highest BCUT2D eigenvalue weighted by Crippen LogP contribution is 2.21. The fourth-order valence-electron chi connectivity index (χ4n) is 2.51. The number of carboxylic acid groups (broad SMARTS) is 1. The molecule has 1 aliphatic rings. The number of halogens is 2. The maximum atomic E-state index is 13.5. The molecule has 0 radical (unpaired) electrons. The first-order valence-electron chi connectivity index (χ1n) is 7.04. The monoisotopic (exact) mass is 373 g/mol. The third-order valence-electron chi connectivity index (χ3n) is 3.57. The fourth-order valence-corrected chi connectivity index (χ4v) is 2.97. The summed E-state index contributed by atoms with van der Waals surface area (Å²) in [6.45, 7) is 1.18. The Morgan fingerprint density at radius 3 is 2.59 bits per heavy atom. The number of carboxylic acids is 1. The highest BCUT2D eigenvalue weighted by Gasteiger charge is 2.27. The zero-order valence-corrected chi connectivity index (χ0v) is 13.5. The molecule has 0 spiro atoms. The molecule has 7 heteroatoms. The molecular weight excluding hydrogens is 357 g/mol. The second kappa shape index (κ2) is 7.69. The molecular formula is C15H17BrFNO4. The van der Waals surface area contributed by atoms with E-state index in [-0.39, 0.29) is 30.5 Å². The molecule has 1 aromatic rings. The molecule has 0 saturated carbocycles. The molecule has 1 saturated heterocycles. The Kier molecular flexibility index (Phi) is 5.90. The van der Waals surface area contributed by atoms with Gasteiger partial charge in [-0.15, -0.1) is 0 Å². The Balaban J connectivity index is 2.21. The van der Waals surface area contributed by atoms with Crippen LogP contribution in [0.2, 0.25) is 0 Å². The van der Waals surface area contributed by atoms with Gasteiger partial charge in [0.25, 0.3) is 5.91 Å². The topological polar surface area (TPSA) is 66.8 Å². The van der Waals surface area contributed by atoms with Crippen molar-refractivity contribution in [1.29, 1.82) is 0 Å². The van der Waals surface area contributed by atoms with Crippen molar-refractivity contribution in [3.63, 3.8) is 0 Å². The van der Waals surface area contributed by atoms with Gasteiger partial charge in [-0.2, -0.15) is 0 Å². The van der Waals surface area contributed by atoms with Gasteiger partial charge in [0.1, 0.15) is 5.82 Å². The van der Waals surface area contributed by atoms with E-state index in [1.54, 1.807) is 6.07 Å². The quantitative estimate of drug-likeness (QED) is 0.861. The van der Waals surface area contributed by atoms with Crippen LogP contribution in [0, 0.1) is 5.82 Å². The zero-order valence-electron chi connectivity index (χ0n) is 11.9. The van der Waals surface area contributed by atoms with Gasteiger partial charge in [0.2, 0.25) is 0 Å². The van der Waals surface area contributed by atoms with Crippen molar-refractivity contribution in [2.24, 2.45) is 0 Å². The number of rotatable bonds is 5. The minimum atomic E-state index is -0.967. The van der Waals surface area contributed by atoms with E-state index in [4.69, 9.17) is 9.84 Å². The maximum absolute atomic E-state index is 13.5. The Bertz CT molecular complexity index is 540. The molecule has 0 unspecified atom stereocenters. The molecule has 5 nitrogen and oxygen atoms in total. The van der Waals surface area contributed by atoms with E-state index >= 15 is 0 Å². The molecule has 0 aromatic heterocycles. The normalized spacial score (nSPS) is 15.5. The van der Waals surface area contributed by atoms with Crippen LogP contribution in [0.5, 0.6) is 0 Å². The second-order valence-corrected chi connectivity index (χ2v) is 6.06. The highest BCUT2D eigenvalue weighted by molar-refractivity contribution is 9.10. The number of amides is 1. The van der Waals surface area contributed by atoms with Crippen LogP contribution in [0.3, 0.4) is 0 Å². The van der Waals surface area contributed by atoms with Crippen LogP contribution in [0.4, 0.5) is 4.39 Å². The van der Waals surface area contributed by atoms with Gasteiger partial charge >= 0.3 is 5.97 Å². The number of ether oxygens (including phenoxy) is 1. The second-order valence-electron chi connectivity index (χ2n) is 5.14. The Hall–Kier alpha value is -1.47. The van der Waals surface area contributed by atoms with Gasteiger partial charge < -0.3 is 14.7 Å². The van der Waals surface area contributed by atoms with E-state index in [0.717, 1.165) is 0 Å². The van der Waals surface area contributed by atoms with Crippen LogP contribution in [0.15, 0.2) is 22.7 Å². The van der Waals surface area contributed by atoms with E-state index in [1.165, 1.54) is 17.0 Å². The fraction of sp³-hybridized carbons (Fsp3) is 0.467. The largest absolute Gasteiger partial charge is 0.481 e. The van der Waals surface area contributed by atoms with Crippen molar-refractivity contribution >= 4 is 27.8 Å². The van der Waals surface area contributed by atoms with Crippen LogP contribution >= 0.6 is 15.9 Å². The number of hydrogen-bond donors (Lipinski definition) is 1. The lowest BCUT2D eigenvalue weighted by molar-refractivity contribution is -0.137. The zero-order chi connectivity index (χ0) is 16.1. The van der Waals surface area contributed by atoms with Crippen LogP contribution < -0.4 is 0 Å². The molecule has 1 amide bonds. The van der Waals surface area contributed by atoms with Crippen molar-refractivity contribution in [2.75, 3.05) is 19.8 Å². The van der Waals surface area contributed by atoms with Gasteiger partial charge in [0.05, 0.1) is 6.42 Å². The van der Waals surface area contributed by atoms with Gasteiger partial charge in [-0.05, 0) is 31.0 Å². The minimum Gasteiger partial charge on any atom is -0.481 e. The summed E-state index contributed by atoms with van der Waals surface area (Å²) in [7, 11) is 0. The molecule has 0 aliphatic carbocycles. The number of carbonyl (C=O) groups excluding carboxylic acids is 1. The summed E-state index contributed by atoms with van der Waals surface area (Å²) in [6.07, 6.45) is 1.17. The van der Waals surface area contributed by atoms with E-state index in [1.807, 2.05) is 0 Å². The van der Waals surface area contributed by atoms with Crippen LogP contribution in [-0.4, -0.2) is 47.7 Å². The van der Waals surface area contributed by atoms with E-state index in [2.05, 4.69) is 15.9 Å². The van der Waals surface area contributed by atoms with E-state index in [0.29, 0.717) is 30.5 Å². The van der Waals surface area contributed by atoms with E-state index < -0.39 is 11.8 Å². The SMILES string of the molecule is O=C(O)CCN(C(=O)c1cc(F)cc(Br)c1)C1CCOCC1. The van der Waals surface area contributed by atoms with Crippen molar-refractivity contribution in [2.45, 2.75) is 25.3 Å². The average molecular weight is 374 g/mol. The van der Waals surface area contributed by atoms with E-state index in [9.17, 15) is 14.0 Å². The molecule has 2 rings (SSSR count). The molecule has 1 heterocycles. The number of aliphatic carboxylic acids is 1. The van der Waals surface area contributed by atoms with Crippen LogP contribution in [0.25, 0.3) is 0 Å². The predicted molar refractivity (Wildman–Crippen MR) is 81.2 cm³/mol. The Morgan fingerprint density at radius 2 is 2.00 bits per heavy atom. The highest BCUT2D eigenvalue weighted by atomic mass is 79.9. The van der Waals surface area contributed by atoms with Crippen LogP contribution in [-0.2, 0) is 9.53 Å². The van der Waals surface area contributed by atoms with Crippen molar-refractivity contribution in [3.05, 3.63) is 34.1 Å².